The fraction of sp³-hybridized carbons (Fsp3) is 0.176. The largest absolute Gasteiger partial charge is 0.326 e. The normalized spacial score (nSPS) is 10.7. The second kappa shape index (κ2) is 7.25. The molecule has 0 bridgehead atoms. The van der Waals surface area contributed by atoms with Gasteiger partial charge >= 0.3 is 0 Å². The number of halogens is 1. The summed E-state index contributed by atoms with van der Waals surface area (Å²) in [5.74, 6) is -0.0561. The lowest BCUT2D eigenvalue weighted by molar-refractivity contribution is -0.115. The average molecular weight is 363 g/mol. The number of amides is 1. The summed E-state index contributed by atoms with van der Waals surface area (Å²) in [4.78, 5) is 17.7. The third-order valence-corrected chi connectivity index (χ3v) is 5.44. The maximum absolute atomic E-state index is 12.1. The number of aromatic nitrogens is 1. The van der Waals surface area contributed by atoms with E-state index in [1.54, 1.807) is 0 Å². The van der Waals surface area contributed by atoms with Gasteiger partial charge in [0.15, 0.2) is 0 Å². The number of carbonyl (C=O) groups is 1. The first kappa shape index (κ1) is 16.2. The van der Waals surface area contributed by atoms with E-state index in [0.717, 1.165) is 32.0 Å². The number of hydrogen-bond donors (Lipinski definition) is 1. The van der Waals surface area contributed by atoms with E-state index in [2.05, 4.69) is 17.2 Å². The first-order chi connectivity index (χ1) is 11.1. The van der Waals surface area contributed by atoms with Gasteiger partial charge in [-0.3, -0.25) is 4.79 Å². The van der Waals surface area contributed by atoms with E-state index >= 15 is 0 Å². The van der Waals surface area contributed by atoms with Crippen molar-refractivity contribution in [2.24, 2.45) is 0 Å². The van der Waals surface area contributed by atoms with Crippen LogP contribution in [-0.2, 0) is 17.6 Å². The highest BCUT2D eigenvalue weighted by molar-refractivity contribution is 7.19. The third-order valence-electron chi connectivity index (χ3n) is 3.34. The summed E-state index contributed by atoms with van der Waals surface area (Å²) in [5.41, 5.74) is 2.94. The molecule has 6 heteroatoms. The quantitative estimate of drug-likeness (QED) is 0.671. The minimum atomic E-state index is -0.0561. The number of anilines is 1. The van der Waals surface area contributed by atoms with Gasteiger partial charge in [0.2, 0.25) is 5.91 Å². The number of aryl methyl sites for hydroxylation is 1. The van der Waals surface area contributed by atoms with E-state index < -0.39 is 0 Å². The highest BCUT2D eigenvalue weighted by Crippen LogP contribution is 2.31. The highest BCUT2D eigenvalue weighted by atomic mass is 35.5. The number of thiazole rings is 1. The molecule has 1 amide bonds. The number of carbonyl (C=O) groups excluding carboxylic acids is 1. The van der Waals surface area contributed by atoms with E-state index in [0.29, 0.717) is 0 Å². The van der Waals surface area contributed by atoms with Crippen LogP contribution in [0.3, 0.4) is 0 Å². The summed E-state index contributed by atoms with van der Waals surface area (Å²) in [6, 6.07) is 11.7. The van der Waals surface area contributed by atoms with Gasteiger partial charge in [-0.2, -0.15) is 0 Å². The molecule has 1 aromatic carbocycles. The Kier molecular flexibility index (Phi) is 5.10. The van der Waals surface area contributed by atoms with Gasteiger partial charge < -0.3 is 5.32 Å². The average Bonchev–Trinajstić information content (AvgIpc) is 3.17. The number of thiophene rings is 1. The summed E-state index contributed by atoms with van der Waals surface area (Å²) in [6.07, 6.45) is 1.27. The number of hydrogen-bond acceptors (Lipinski definition) is 4. The summed E-state index contributed by atoms with van der Waals surface area (Å²) in [7, 11) is 0. The molecule has 2 aromatic heterocycles. The first-order valence-electron chi connectivity index (χ1n) is 7.23. The Labute approximate surface area is 148 Å². The van der Waals surface area contributed by atoms with Crippen LogP contribution in [-0.4, -0.2) is 10.9 Å². The van der Waals surface area contributed by atoms with Crippen molar-refractivity contribution in [1.82, 2.24) is 4.98 Å². The molecule has 3 aromatic rings. The molecule has 0 aliphatic heterocycles. The lowest BCUT2D eigenvalue weighted by Crippen LogP contribution is -2.14. The van der Waals surface area contributed by atoms with Gasteiger partial charge in [0.05, 0.1) is 21.3 Å². The number of nitrogens with one attached hydrogen (secondary N) is 1. The molecule has 0 saturated heterocycles. The monoisotopic (exact) mass is 362 g/mol. The van der Waals surface area contributed by atoms with E-state index in [4.69, 9.17) is 11.6 Å². The lowest BCUT2D eigenvalue weighted by atomic mass is 10.1. The van der Waals surface area contributed by atoms with Crippen LogP contribution in [0.5, 0.6) is 0 Å². The van der Waals surface area contributed by atoms with Crippen molar-refractivity contribution in [3.63, 3.8) is 0 Å². The van der Waals surface area contributed by atoms with Crippen LogP contribution in [0.2, 0.25) is 4.34 Å². The van der Waals surface area contributed by atoms with Crippen LogP contribution in [0.4, 0.5) is 5.69 Å². The Bertz CT molecular complexity index is 808. The Balaban J connectivity index is 1.62. The van der Waals surface area contributed by atoms with Crippen molar-refractivity contribution < 1.29 is 4.79 Å². The van der Waals surface area contributed by atoms with E-state index in [-0.39, 0.29) is 12.3 Å². The van der Waals surface area contributed by atoms with Crippen molar-refractivity contribution in [3.8, 4) is 10.6 Å². The zero-order valence-corrected chi connectivity index (χ0v) is 14.9. The van der Waals surface area contributed by atoms with Crippen molar-refractivity contribution in [1.29, 1.82) is 0 Å². The Hall–Kier alpha value is -1.69. The minimum absolute atomic E-state index is 0.0561. The topological polar surface area (TPSA) is 42.0 Å². The van der Waals surface area contributed by atoms with E-state index in [1.165, 1.54) is 28.2 Å². The molecule has 0 fully saturated rings. The van der Waals surface area contributed by atoms with Crippen molar-refractivity contribution in [3.05, 3.63) is 56.7 Å². The molecular weight excluding hydrogens is 348 g/mol. The number of benzene rings is 1. The fourth-order valence-electron chi connectivity index (χ4n) is 2.12. The minimum Gasteiger partial charge on any atom is -0.326 e. The molecule has 0 saturated carbocycles. The standard InChI is InChI=1S/C17H15ClN2OS2/c1-2-11-3-5-12(6-4-11)19-16(21)9-17-20-13(10-22-17)14-7-8-15(18)23-14/h3-8,10H,2,9H2,1H3,(H,19,21). The van der Waals surface area contributed by atoms with Crippen LogP contribution in [0.1, 0.15) is 17.5 Å². The van der Waals surface area contributed by atoms with E-state index in [1.807, 2.05) is 41.8 Å². The van der Waals surface area contributed by atoms with Gasteiger partial charge in [0, 0.05) is 11.1 Å². The second-order valence-corrected chi connectivity index (χ2v) is 7.66. The van der Waals surface area contributed by atoms with Gasteiger partial charge in [0.1, 0.15) is 5.01 Å². The molecule has 0 atom stereocenters. The van der Waals surface area contributed by atoms with Gasteiger partial charge in [-0.15, -0.1) is 22.7 Å². The zero-order chi connectivity index (χ0) is 16.2. The van der Waals surface area contributed by atoms with Crippen LogP contribution >= 0.6 is 34.3 Å². The smallest absolute Gasteiger partial charge is 0.231 e. The molecule has 0 unspecified atom stereocenters. The summed E-state index contributed by atoms with van der Waals surface area (Å²) >= 11 is 8.92. The van der Waals surface area contributed by atoms with Gasteiger partial charge in [-0.1, -0.05) is 30.7 Å². The number of nitrogens with zero attached hydrogens (tertiary/aromatic N) is 1. The predicted molar refractivity (Wildman–Crippen MR) is 98.6 cm³/mol. The van der Waals surface area contributed by atoms with Crippen LogP contribution in [0.15, 0.2) is 41.8 Å². The SMILES string of the molecule is CCc1ccc(NC(=O)Cc2nc(-c3ccc(Cl)s3)cs2)cc1. The molecule has 3 rings (SSSR count). The van der Waals surface area contributed by atoms with Gasteiger partial charge in [-0.25, -0.2) is 4.98 Å². The van der Waals surface area contributed by atoms with E-state index in [9.17, 15) is 4.79 Å². The first-order valence-corrected chi connectivity index (χ1v) is 9.30. The Morgan fingerprint density at radius 2 is 2.00 bits per heavy atom. The van der Waals surface area contributed by atoms with Crippen LogP contribution < -0.4 is 5.32 Å². The molecule has 3 nitrogen and oxygen atoms in total. The van der Waals surface area contributed by atoms with Crippen LogP contribution in [0, 0.1) is 0 Å². The molecule has 0 spiro atoms. The Morgan fingerprint density at radius 1 is 1.22 bits per heavy atom. The summed E-state index contributed by atoms with van der Waals surface area (Å²) < 4.78 is 0.739. The zero-order valence-electron chi connectivity index (χ0n) is 12.5. The van der Waals surface area contributed by atoms with Gasteiger partial charge in [0.25, 0.3) is 0 Å². The maximum atomic E-state index is 12.1. The summed E-state index contributed by atoms with van der Waals surface area (Å²) in [5, 5.41) is 5.66. The molecule has 23 heavy (non-hydrogen) atoms. The second-order valence-electron chi connectivity index (χ2n) is 5.01. The highest BCUT2D eigenvalue weighted by Gasteiger charge is 2.11. The Morgan fingerprint density at radius 3 is 2.65 bits per heavy atom. The summed E-state index contributed by atoms with van der Waals surface area (Å²) in [6.45, 7) is 2.11. The lowest BCUT2D eigenvalue weighted by Gasteiger charge is -2.04. The molecular formula is C17H15ClN2OS2. The maximum Gasteiger partial charge on any atom is 0.231 e. The van der Waals surface area contributed by atoms with Crippen molar-refractivity contribution >= 4 is 45.9 Å². The number of rotatable bonds is 5. The molecule has 0 aliphatic rings. The van der Waals surface area contributed by atoms with Gasteiger partial charge in [-0.05, 0) is 36.2 Å². The molecule has 1 N–H and O–H groups in total. The third kappa shape index (κ3) is 4.19. The molecule has 2 heterocycles. The fourth-order valence-corrected chi connectivity index (χ4v) is 3.99. The van der Waals surface area contributed by atoms with Crippen LogP contribution in [0.25, 0.3) is 10.6 Å². The molecule has 0 radical (unpaired) electrons. The molecule has 118 valence electrons. The van der Waals surface area contributed by atoms with Crippen molar-refractivity contribution in [2.75, 3.05) is 5.32 Å². The van der Waals surface area contributed by atoms with Crippen molar-refractivity contribution in [2.45, 2.75) is 19.8 Å². The predicted octanol–water partition coefficient (Wildman–Crippen LogP) is 5.27. The molecule has 0 aliphatic carbocycles.